The van der Waals surface area contributed by atoms with Gasteiger partial charge in [-0.3, -0.25) is 0 Å². The van der Waals surface area contributed by atoms with Crippen LogP contribution in [0.3, 0.4) is 0 Å². The molecular weight excluding hydrogens is 304 g/mol. The highest BCUT2D eigenvalue weighted by molar-refractivity contribution is 9.10. The van der Waals surface area contributed by atoms with Crippen LogP contribution >= 0.6 is 27.3 Å². The Labute approximate surface area is 112 Å². The molecule has 0 aliphatic carbocycles. The van der Waals surface area contributed by atoms with Gasteiger partial charge in [0.1, 0.15) is 12.4 Å². The molecule has 0 saturated heterocycles. The molecule has 3 nitrogen and oxygen atoms in total. The Balaban J connectivity index is 2.00. The molecule has 0 aliphatic rings. The maximum atomic E-state index is 8.56. The minimum absolute atomic E-state index is 0.0473. The van der Waals surface area contributed by atoms with E-state index < -0.39 is 0 Å². The highest BCUT2D eigenvalue weighted by Gasteiger charge is 2.07. The average Bonchev–Trinajstić information content (AvgIpc) is 2.72. The summed E-state index contributed by atoms with van der Waals surface area (Å²) in [6.07, 6.45) is 0. The van der Waals surface area contributed by atoms with E-state index in [4.69, 9.17) is 14.6 Å². The van der Waals surface area contributed by atoms with E-state index in [2.05, 4.69) is 27.4 Å². The largest absolute Gasteiger partial charge is 0.490 e. The summed E-state index contributed by atoms with van der Waals surface area (Å²) in [4.78, 5) is 0. The maximum absolute atomic E-state index is 8.56. The third-order valence-corrected chi connectivity index (χ3v) is 4.11. The lowest BCUT2D eigenvalue weighted by atomic mass is 10.2. The van der Waals surface area contributed by atoms with Crippen molar-refractivity contribution < 1.29 is 14.6 Å². The molecule has 0 fully saturated rings. The normalized spacial score (nSPS) is 10.9. The van der Waals surface area contributed by atoms with Gasteiger partial charge in [0.2, 0.25) is 0 Å². The lowest BCUT2D eigenvalue weighted by Gasteiger charge is -2.08. The molecule has 0 unspecified atom stereocenters. The van der Waals surface area contributed by atoms with Crippen LogP contribution < -0.4 is 4.74 Å². The molecule has 17 heavy (non-hydrogen) atoms. The van der Waals surface area contributed by atoms with E-state index in [9.17, 15) is 0 Å². The molecule has 92 valence electrons. The summed E-state index contributed by atoms with van der Waals surface area (Å²) in [5.41, 5.74) is 0. The number of aliphatic hydroxyl groups excluding tert-OH is 1. The SMILES string of the molecule is OCCOCCOc1cccc2scc(Br)c12. The second kappa shape index (κ2) is 6.35. The molecule has 1 heterocycles. The zero-order chi connectivity index (χ0) is 12.1. The fourth-order valence-corrected chi connectivity index (χ4v) is 3.17. The molecule has 0 bridgehead atoms. The smallest absolute Gasteiger partial charge is 0.129 e. The highest BCUT2D eigenvalue weighted by Crippen LogP contribution is 2.36. The summed E-state index contributed by atoms with van der Waals surface area (Å²) in [5.74, 6) is 0.864. The van der Waals surface area contributed by atoms with Crippen LogP contribution in [0.5, 0.6) is 5.75 Å². The Bertz CT molecular complexity index is 484. The molecule has 0 aliphatic heterocycles. The molecule has 0 atom stereocenters. The minimum Gasteiger partial charge on any atom is -0.490 e. The van der Waals surface area contributed by atoms with Crippen LogP contribution in [-0.2, 0) is 4.74 Å². The van der Waals surface area contributed by atoms with E-state index >= 15 is 0 Å². The third kappa shape index (κ3) is 3.19. The van der Waals surface area contributed by atoms with Gasteiger partial charge >= 0.3 is 0 Å². The monoisotopic (exact) mass is 316 g/mol. The number of fused-ring (bicyclic) bond motifs is 1. The quantitative estimate of drug-likeness (QED) is 0.832. The third-order valence-electron chi connectivity index (χ3n) is 2.24. The maximum Gasteiger partial charge on any atom is 0.129 e. The average molecular weight is 317 g/mol. The van der Waals surface area contributed by atoms with Gasteiger partial charge in [-0.2, -0.15) is 0 Å². The molecular formula is C12H13BrO3S. The van der Waals surface area contributed by atoms with Crippen LogP contribution in [-0.4, -0.2) is 31.5 Å². The number of rotatable bonds is 6. The van der Waals surface area contributed by atoms with Gasteiger partial charge in [0.25, 0.3) is 0 Å². The van der Waals surface area contributed by atoms with E-state index in [1.807, 2.05) is 12.1 Å². The molecule has 1 aromatic carbocycles. The zero-order valence-corrected chi connectivity index (χ0v) is 11.6. The number of aliphatic hydroxyl groups is 1. The van der Waals surface area contributed by atoms with Crippen molar-refractivity contribution in [1.29, 1.82) is 0 Å². The van der Waals surface area contributed by atoms with Gasteiger partial charge in [0, 0.05) is 19.9 Å². The second-order valence-corrected chi connectivity index (χ2v) is 5.16. The number of halogens is 1. The summed E-state index contributed by atoms with van der Waals surface area (Å²) in [5, 5.41) is 11.7. The summed E-state index contributed by atoms with van der Waals surface area (Å²) < 4.78 is 13.1. The summed E-state index contributed by atoms with van der Waals surface area (Å²) in [6, 6.07) is 6.00. The van der Waals surface area contributed by atoms with Crippen molar-refractivity contribution in [2.75, 3.05) is 26.4 Å². The molecule has 1 aromatic heterocycles. The summed E-state index contributed by atoms with van der Waals surface area (Å²) >= 11 is 5.20. The predicted molar refractivity (Wildman–Crippen MR) is 72.9 cm³/mol. The Morgan fingerprint density at radius 2 is 2.12 bits per heavy atom. The Kier molecular flexibility index (Phi) is 4.79. The standard InChI is InChI=1S/C12H13BrO3S/c13-9-8-17-11-3-1-2-10(12(9)11)16-7-6-15-5-4-14/h1-3,8,14H,4-7H2. The van der Waals surface area contributed by atoms with Crippen LogP contribution in [0, 0.1) is 0 Å². The van der Waals surface area contributed by atoms with Gasteiger partial charge in [-0.25, -0.2) is 0 Å². The first-order valence-electron chi connectivity index (χ1n) is 5.30. The minimum atomic E-state index is 0.0473. The van der Waals surface area contributed by atoms with Gasteiger partial charge < -0.3 is 14.6 Å². The van der Waals surface area contributed by atoms with Crippen molar-refractivity contribution in [2.24, 2.45) is 0 Å². The molecule has 2 rings (SSSR count). The fraction of sp³-hybridized carbons (Fsp3) is 0.333. The van der Waals surface area contributed by atoms with Gasteiger partial charge in [0.15, 0.2) is 0 Å². The van der Waals surface area contributed by atoms with Crippen molar-refractivity contribution in [2.45, 2.75) is 0 Å². The molecule has 0 amide bonds. The van der Waals surface area contributed by atoms with Gasteiger partial charge in [-0.05, 0) is 28.1 Å². The van der Waals surface area contributed by atoms with Crippen LogP contribution in [0.1, 0.15) is 0 Å². The molecule has 2 aromatic rings. The van der Waals surface area contributed by atoms with Crippen molar-refractivity contribution in [3.05, 3.63) is 28.1 Å². The Morgan fingerprint density at radius 1 is 1.24 bits per heavy atom. The molecule has 0 saturated carbocycles. The Morgan fingerprint density at radius 3 is 2.94 bits per heavy atom. The van der Waals surface area contributed by atoms with Crippen molar-refractivity contribution >= 4 is 37.4 Å². The number of ether oxygens (including phenoxy) is 2. The first-order valence-corrected chi connectivity index (χ1v) is 6.97. The van der Waals surface area contributed by atoms with E-state index in [0.717, 1.165) is 15.6 Å². The first kappa shape index (κ1) is 12.8. The topological polar surface area (TPSA) is 38.7 Å². The molecule has 0 spiro atoms. The van der Waals surface area contributed by atoms with Gasteiger partial charge in [-0.15, -0.1) is 11.3 Å². The highest BCUT2D eigenvalue weighted by atomic mass is 79.9. The van der Waals surface area contributed by atoms with Crippen LogP contribution in [0.4, 0.5) is 0 Å². The zero-order valence-electron chi connectivity index (χ0n) is 9.19. The van der Waals surface area contributed by atoms with Crippen molar-refractivity contribution in [3.63, 3.8) is 0 Å². The van der Waals surface area contributed by atoms with Crippen LogP contribution in [0.2, 0.25) is 0 Å². The Hall–Kier alpha value is -0.620. The van der Waals surface area contributed by atoms with E-state index in [0.29, 0.717) is 19.8 Å². The van der Waals surface area contributed by atoms with Crippen molar-refractivity contribution in [1.82, 2.24) is 0 Å². The van der Waals surface area contributed by atoms with E-state index in [1.54, 1.807) is 11.3 Å². The predicted octanol–water partition coefficient (Wildman–Crippen LogP) is 3.05. The number of thiophene rings is 1. The molecule has 1 N–H and O–H groups in total. The number of hydrogen-bond donors (Lipinski definition) is 1. The summed E-state index contributed by atoms with van der Waals surface area (Å²) in [7, 11) is 0. The lowest BCUT2D eigenvalue weighted by molar-refractivity contribution is 0.0708. The van der Waals surface area contributed by atoms with Crippen molar-refractivity contribution in [3.8, 4) is 5.75 Å². The van der Waals surface area contributed by atoms with E-state index in [1.165, 1.54) is 4.70 Å². The van der Waals surface area contributed by atoms with Gasteiger partial charge in [0.05, 0.1) is 19.8 Å². The number of benzene rings is 1. The molecule has 5 heteroatoms. The van der Waals surface area contributed by atoms with Crippen LogP contribution in [0.15, 0.2) is 28.1 Å². The van der Waals surface area contributed by atoms with E-state index in [-0.39, 0.29) is 6.61 Å². The first-order chi connectivity index (χ1) is 8.33. The number of hydrogen-bond acceptors (Lipinski definition) is 4. The molecule has 0 radical (unpaired) electrons. The summed E-state index contributed by atoms with van der Waals surface area (Å²) in [6.45, 7) is 1.38. The van der Waals surface area contributed by atoms with Gasteiger partial charge in [-0.1, -0.05) is 6.07 Å². The second-order valence-electron chi connectivity index (χ2n) is 3.40. The van der Waals surface area contributed by atoms with Crippen LogP contribution in [0.25, 0.3) is 10.1 Å². The fourth-order valence-electron chi connectivity index (χ4n) is 1.52. The lowest BCUT2D eigenvalue weighted by Crippen LogP contribution is -2.09.